The number of carbonyl (C=O) groups is 2. The molecule has 124 valence electrons. The lowest BCUT2D eigenvalue weighted by Crippen LogP contribution is -2.44. The predicted molar refractivity (Wildman–Crippen MR) is 88.1 cm³/mol. The van der Waals surface area contributed by atoms with Gasteiger partial charge in [-0.2, -0.15) is 0 Å². The molecule has 0 spiro atoms. The standard InChI is InChI=1S/C19H25NO3/c1-18(2)11-8-15(13-6-3-4-7-14(13)18)20-16(21)12-19(17(22)23)9-5-10-19/h3-4,6-7,15H,5,8-12H2,1-2H3,(H,20,21)(H,22,23). The Bertz CT molecular complexity index is 631. The number of carboxylic acid groups (broad SMARTS) is 1. The molecule has 4 nitrogen and oxygen atoms in total. The van der Waals surface area contributed by atoms with Crippen molar-refractivity contribution in [1.82, 2.24) is 5.32 Å². The number of amides is 1. The second kappa shape index (κ2) is 5.66. The molecule has 0 saturated heterocycles. The second-order valence-electron chi connectivity index (χ2n) is 7.75. The molecule has 23 heavy (non-hydrogen) atoms. The minimum atomic E-state index is -0.830. The molecule has 0 radical (unpaired) electrons. The number of nitrogens with one attached hydrogen (secondary N) is 1. The largest absolute Gasteiger partial charge is 0.481 e. The van der Waals surface area contributed by atoms with E-state index in [0.29, 0.717) is 12.8 Å². The Morgan fingerprint density at radius 2 is 1.91 bits per heavy atom. The van der Waals surface area contributed by atoms with E-state index in [-0.39, 0.29) is 23.8 Å². The highest BCUT2D eigenvalue weighted by molar-refractivity contribution is 5.85. The molecule has 0 bridgehead atoms. The van der Waals surface area contributed by atoms with Crippen molar-refractivity contribution in [2.75, 3.05) is 0 Å². The van der Waals surface area contributed by atoms with E-state index >= 15 is 0 Å². The average Bonchev–Trinajstić information content (AvgIpc) is 2.46. The minimum absolute atomic E-state index is 0.00218. The van der Waals surface area contributed by atoms with Crippen LogP contribution in [-0.4, -0.2) is 17.0 Å². The summed E-state index contributed by atoms with van der Waals surface area (Å²) in [5, 5.41) is 12.5. The molecule has 1 fully saturated rings. The van der Waals surface area contributed by atoms with Gasteiger partial charge in [-0.1, -0.05) is 44.5 Å². The summed E-state index contributed by atoms with van der Waals surface area (Å²) in [6, 6.07) is 8.26. The van der Waals surface area contributed by atoms with Crippen molar-refractivity contribution in [1.29, 1.82) is 0 Å². The smallest absolute Gasteiger partial charge is 0.310 e. The Kier molecular flexibility index (Phi) is 3.95. The van der Waals surface area contributed by atoms with Gasteiger partial charge >= 0.3 is 5.97 Å². The summed E-state index contributed by atoms with van der Waals surface area (Å²) >= 11 is 0. The van der Waals surface area contributed by atoms with Gasteiger partial charge in [0.05, 0.1) is 11.5 Å². The summed E-state index contributed by atoms with van der Waals surface area (Å²) in [4.78, 5) is 23.9. The van der Waals surface area contributed by atoms with Crippen molar-refractivity contribution in [3.05, 3.63) is 35.4 Å². The molecule has 1 aromatic rings. The van der Waals surface area contributed by atoms with E-state index in [4.69, 9.17) is 0 Å². The first kappa shape index (κ1) is 16.0. The summed E-state index contributed by atoms with van der Waals surface area (Å²) in [6.07, 6.45) is 4.15. The highest BCUT2D eigenvalue weighted by Gasteiger charge is 2.46. The van der Waals surface area contributed by atoms with Crippen LogP contribution < -0.4 is 5.32 Å². The molecule has 4 heteroatoms. The molecule has 2 aliphatic carbocycles. The van der Waals surface area contributed by atoms with Crippen LogP contribution in [0.3, 0.4) is 0 Å². The Hall–Kier alpha value is -1.84. The molecular weight excluding hydrogens is 290 g/mol. The van der Waals surface area contributed by atoms with Crippen LogP contribution in [0, 0.1) is 5.41 Å². The van der Waals surface area contributed by atoms with Crippen molar-refractivity contribution in [3.63, 3.8) is 0 Å². The van der Waals surface area contributed by atoms with E-state index < -0.39 is 11.4 Å². The number of carboxylic acids is 1. The van der Waals surface area contributed by atoms with Crippen LogP contribution in [0.2, 0.25) is 0 Å². The number of fused-ring (bicyclic) bond motifs is 1. The zero-order valence-corrected chi connectivity index (χ0v) is 13.9. The molecule has 1 amide bonds. The zero-order valence-electron chi connectivity index (χ0n) is 13.9. The number of benzene rings is 1. The molecule has 1 atom stereocenters. The van der Waals surface area contributed by atoms with Crippen LogP contribution in [0.15, 0.2) is 24.3 Å². The number of carbonyl (C=O) groups excluding carboxylic acids is 1. The van der Waals surface area contributed by atoms with Crippen LogP contribution >= 0.6 is 0 Å². The molecule has 3 rings (SSSR count). The zero-order chi connectivity index (χ0) is 16.7. The fourth-order valence-corrected chi connectivity index (χ4v) is 3.98. The number of aliphatic carboxylic acids is 1. The van der Waals surface area contributed by atoms with Crippen LogP contribution in [0.1, 0.15) is 69.5 Å². The Balaban J connectivity index is 1.74. The normalized spacial score (nSPS) is 24.2. The van der Waals surface area contributed by atoms with E-state index in [1.807, 2.05) is 12.1 Å². The average molecular weight is 315 g/mol. The third-order valence-corrected chi connectivity index (χ3v) is 5.72. The lowest BCUT2D eigenvalue weighted by molar-refractivity contribution is -0.157. The van der Waals surface area contributed by atoms with Gasteiger partial charge in [0.15, 0.2) is 0 Å². The van der Waals surface area contributed by atoms with Gasteiger partial charge in [0.25, 0.3) is 0 Å². The predicted octanol–water partition coefficient (Wildman–Crippen LogP) is 3.56. The third kappa shape index (κ3) is 2.87. The molecule has 1 unspecified atom stereocenters. The van der Waals surface area contributed by atoms with Crippen molar-refractivity contribution >= 4 is 11.9 Å². The van der Waals surface area contributed by atoms with Crippen molar-refractivity contribution in [2.45, 2.75) is 63.8 Å². The van der Waals surface area contributed by atoms with Gasteiger partial charge in [0.2, 0.25) is 5.91 Å². The van der Waals surface area contributed by atoms with Crippen LogP contribution in [0.5, 0.6) is 0 Å². The van der Waals surface area contributed by atoms with E-state index in [2.05, 4.69) is 31.3 Å². The Morgan fingerprint density at radius 1 is 1.22 bits per heavy atom. The first-order valence-corrected chi connectivity index (χ1v) is 8.46. The van der Waals surface area contributed by atoms with Gasteiger partial charge < -0.3 is 10.4 Å². The van der Waals surface area contributed by atoms with E-state index in [1.165, 1.54) is 11.1 Å². The monoisotopic (exact) mass is 315 g/mol. The molecule has 1 saturated carbocycles. The van der Waals surface area contributed by atoms with Gasteiger partial charge in [-0.3, -0.25) is 9.59 Å². The first-order chi connectivity index (χ1) is 10.8. The SMILES string of the molecule is CC1(C)CCC(NC(=O)CC2(C(=O)O)CCC2)c2ccccc21. The maximum Gasteiger partial charge on any atom is 0.310 e. The Labute approximate surface area is 137 Å². The summed E-state index contributed by atoms with van der Waals surface area (Å²) in [7, 11) is 0. The highest BCUT2D eigenvalue weighted by atomic mass is 16.4. The van der Waals surface area contributed by atoms with Gasteiger partial charge in [-0.15, -0.1) is 0 Å². The number of hydrogen-bond donors (Lipinski definition) is 2. The first-order valence-electron chi connectivity index (χ1n) is 8.46. The lowest BCUT2D eigenvalue weighted by Gasteiger charge is -2.39. The second-order valence-corrected chi connectivity index (χ2v) is 7.75. The minimum Gasteiger partial charge on any atom is -0.481 e. The molecule has 2 aliphatic rings. The third-order valence-electron chi connectivity index (χ3n) is 5.72. The van der Waals surface area contributed by atoms with Gasteiger partial charge in [-0.25, -0.2) is 0 Å². The van der Waals surface area contributed by atoms with Crippen molar-refractivity contribution in [2.24, 2.45) is 5.41 Å². The molecule has 1 aromatic carbocycles. The van der Waals surface area contributed by atoms with E-state index in [0.717, 1.165) is 19.3 Å². The Morgan fingerprint density at radius 3 is 2.52 bits per heavy atom. The summed E-state index contributed by atoms with van der Waals surface area (Å²) < 4.78 is 0. The van der Waals surface area contributed by atoms with Gasteiger partial charge in [-0.05, 0) is 42.2 Å². The molecule has 0 heterocycles. The van der Waals surface area contributed by atoms with Crippen molar-refractivity contribution < 1.29 is 14.7 Å². The van der Waals surface area contributed by atoms with Crippen LogP contribution in [-0.2, 0) is 15.0 Å². The summed E-state index contributed by atoms with van der Waals surface area (Å²) in [5.74, 6) is -0.962. The molecule has 0 aliphatic heterocycles. The number of rotatable bonds is 4. The van der Waals surface area contributed by atoms with Gasteiger partial charge in [0, 0.05) is 6.42 Å². The fourth-order valence-electron chi connectivity index (χ4n) is 3.98. The maximum atomic E-state index is 12.4. The van der Waals surface area contributed by atoms with Crippen molar-refractivity contribution in [3.8, 4) is 0 Å². The van der Waals surface area contributed by atoms with E-state index in [9.17, 15) is 14.7 Å². The quantitative estimate of drug-likeness (QED) is 0.893. The summed E-state index contributed by atoms with van der Waals surface area (Å²) in [5.41, 5.74) is 1.76. The topological polar surface area (TPSA) is 66.4 Å². The van der Waals surface area contributed by atoms with Crippen LogP contribution in [0.25, 0.3) is 0 Å². The highest BCUT2D eigenvalue weighted by Crippen LogP contribution is 2.45. The van der Waals surface area contributed by atoms with Gasteiger partial charge in [0.1, 0.15) is 0 Å². The fraction of sp³-hybridized carbons (Fsp3) is 0.579. The lowest BCUT2D eigenvalue weighted by atomic mass is 9.66. The van der Waals surface area contributed by atoms with Crippen LogP contribution in [0.4, 0.5) is 0 Å². The maximum absolute atomic E-state index is 12.4. The molecule has 2 N–H and O–H groups in total. The number of hydrogen-bond acceptors (Lipinski definition) is 2. The molecule has 0 aromatic heterocycles. The summed E-state index contributed by atoms with van der Waals surface area (Å²) in [6.45, 7) is 4.47. The molecular formula is C19H25NO3. The van der Waals surface area contributed by atoms with E-state index in [1.54, 1.807) is 0 Å².